The third-order valence-corrected chi connectivity index (χ3v) is 2.25. The predicted molar refractivity (Wildman–Crippen MR) is 44.1 cm³/mol. The van der Waals surface area contributed by atoms with Crippen LogP contribution in [0.4, 0.5) is 4.39 Å². The highest BCUT2D eigenvalue weighted by Gasteiger charge is 2.16. The van der Waals surface area contributed by atoms with Gasteiger partial charge < -0.3 is 0 Å². The first kappa shape index (κ1) is 8.41. The smallest absolute Gasteiger partial charge is 0.171 e. The van der Waals surface area contributed by atoms with Gasteiger partial charge >= 0.3 is 0 Å². The summed E-state index contributed by atoms with van der Waals surface area (Å²) in [4.78, 5) is 3.67. The van der Waals surface area contributed by atoms with Gasteiger partial charge in [-0.15, -0.1) is 0 Å². The maximum absolute atomic E-state index is 12.8. The minimum Gasteiger partial charge on any atom is -0.247 e. The summed E-state index contributed by atoms with van der Waals surface area (Å²) in [6.07, 6.45) is 1.90. The van der Waals surface area contributed by atoms with Crippen LogP contribution in [0.15, 0.2) is 16.5 Å². The Bertz CT molecular complexity index is 252. The SMILES string of the molecule is N#CC1=C(F)CC(CBr)C=N1. The average molecular weight is 217 g/mol. The quantitative estimate of drug-likeness (QED) is 0.620. The first-order valence-electron chi connectivity index (χ1n) is 3.17. The van der Waals surface area contributed by atoms with Crippen LogP contribution in [0, 0.1) is 17.2 Å². The van der Waals surface area contributed by atoms with Gasteiger partial charge in [-0.25, -0.2) is 9.38 Å². The summed E-state index contributed by atoms with van der Waals surface area (Å²) in [5, 5.41) is 9.03. The Hall–Kier alpha value is -0.690. The zero-order chi connectivity index (χ0) is 8.27. The second kappa shape index (κ2) is 3.63. The Morgan fingerprint density at radius 1 is 1.91 bits per heavy atom. The lowest BCUT2D eigenvalue weighted by Crippen LogP contribution is -2.08. The number of halogens is 2. The number of allylic oxidation sites excluding steroid dienone is 2. The molecule has 0 saturated carbocycles. The van der Waals surface area contributed by atoms with E-state index in [0.29, 0.717) is 5.33 Å². The fraction of sp³-hybridized carbons (Fsp3) is 0.429. The van der Waals surface area contributed by atoms with E-state index in [-0.39, 0.29) is 18.0 Å². The first-order chi connectivity index (χ1) is 5.27. The van der Waals surface area contributed by atoms with Crippen LogP contribution in [0.5, 0.6) is 0 Å². The van der Waals surface area contributed by atoms with Crippen molar-refractivity contribution in [3.05, 3.63) is 11.5 Å². The normalized spacial score (nSPS) is 23.5. The van der Waals surface area contributed by atoms with Crippen molar-refractivity contribution in [2.24, 2.45) is 10.9 Å². The summed E-state index contributed by atoms with van der Waals surface area (Å²) in [5.74, 6) is -0.313. The van der Waals surface area contributed by atoms with Crippen molar-refractivity contribution in [3.63, 3.8) is 0 Å². The van der Waals surface area contributed by atoms with Crippen LogP contribution < -0.4 is 0 Å². The van der Waals surface area contributed by atoms with Gasteiger partial charge in [-0.2, -0.15) is 5.26 Å². The van der Waals surface area contributed by atoms with Crippen LogP contribution in [0.25, 0.3) is 0 Å². The van der Waals surface area contributed by atoms with Crippen LogP contribution in [-0.2, 0) is 0 Å². The van der Waals surface area contributed by atoms with Crippen LogP contribution in [-0.4, -0.2) is 11.5 Å². The molecule has 0 radical (unpaired) electrons. The Morgan fingerprint density at radius 3 is 3.09 bits per heavy atom. The Labute approximate surface area is 72.6 Å². The highest BCUT2D eigenvalue weighted by molar-refractivity contribution is 9.09. The Kier molecular flexibility index (Phi) is 2.77. The van der Waals surface area contributed by atoms with Crippen molar-refractivity contribution in [2.75, 3.05) is 5.33 Å². The fourth-order valence-electron chi connectivity index (χ4n) is 0.813. The molecule has 2 nitrogen and oxygen atoms in total. The van der Waals surface area contributed by atoms with Gasteiger partial charge in [0.15, 0.2) is 5.70 Å². The van der Waals surface area contributed by atoms with Gasteiger partial charge in [-0.1, -0.05) is 15.9 Å². The molecule has 0 aromatic carbocycles. The zero-order valence-corrected chi connectivity index (χ0v) is 7.31. The second-order valence-electron chi connectivity index (χ2n) is 2.26. The molecule has 0 bridgehead atoms. The molecule has 1 heterocycles. The average Bonchev–Trinajstić information content (AvgIpc) is 2.04. The summed E-state index contributed by atoms with van der Waals surface area (Å²) in [5.41, 5.74) is -0.0813. The van der Waals surface area contributed by atoms with Crippen LogP contribution in [0.3, 0.4) is 0 Å². The number of hydrogen-bond acceptors (Lipinski definition) is 2. The number of nitrogens with zero attached hydrogens (tertiary/aromatic N) is 2. The lowest BCUT2D eigenvalue weighted by molar-refractivity contribution is 0.545. The molecule has 4 heteroatoms. The van der Waals surface area contributed by atoms with E-state index in [1.165, 1.54) is 0 Å². The van der Waals surface area contributed by atoms with Crippen molar-refractivity contribution in [2.45, 2.75) is 6.42 Å². The van der Waals surface area contributed by atoms with Crippen molar-refractivity contribution in [3.8, 4) is 6.07 Å². The highest BCUT2D eigenvalue weighted by atomic mass is 79.9. The molecule has 0 aromatic heterocycles. The van der Waals surface area contributed by atoms with E-state index in [0.717, 1.165) is 0 Å². The molecule has 0 aromatic rings. The van der Waals surface area contributed by atoms with E-state index in [9.17, 15) is 4.39 Å². The van der Waals surface area contributed by atoms with E-state index in [4.69, 9.17) is 5.26 Å². The minimum atomic E-state index is -0.403. The molecule has 0 fully saturated rings. The predicted octanol–water partition coefficient (Wildman–Crippen LogP) is 2.18. The van der Waals surface area contributed by atoms with E-state index in [1.54, 1.807) is 12.3 Å². The molecular weight excluding hydrogens is 211 g/mol. The minimum absolute atomic E-state index is 0.0813. The topological polar surface area (TPSA) is 36.1 Å². The van der Waals surface area contributed by atoms with Gasteiger partial charge in [0.2, 0.25) is 0 Å². The van der Waals surface area contributed by atoms with E-state index < -0.39 is 5.83 Å². The Balaban J connectivity index is 2.76. The maximum atomic E-state index is 12.8. The molecule has 0 aliphatic carbocycles. The van der Waals surface area contributed by atoms with Crippen LogP contribution in [0.1, 0.15) is 6.42 Å². The van der Waals surface area contributed by atoms with Crippen molar-refractivity contribution >= 4 is 22.1 Å². The summed E-state index contributed by atoms with van der Waals surface area (Å²) >= 11 is 3.22. The summed E-state index contributed by atoms with van der Waals surface area (Å²) in [6, 6.07) is 1.69. The van der Waals surface area contributed by atoms with Gasteiger partial charge in [-0.05, 0) is 0 Å². The third kappa shape index (κ3) is 1.87. The van der Waals surface area contributed by atoms with Crippen molar-refractivity contribution < 1.29 is 4.39 Å². The van der Waals surface area contributed by atoms with Gasteiger partial charge in [-0.3, -0.25) is 0 Å². The fourth-order valence-corrected chi connectivity index (χ4v) is 1.21. The van der Waals surface area contributed by atoms with Crippen molar-refractivity contribution in [1.29, 1.82) is 5.26 Å². The number of rotatable bonds is 1. The van der Waals surface area contributed by atoms with Gasteiger partial charge in [0.05, 0.1) is 0 Å². The number of nitriles is 1. The molecule has 0 N–H and O–H groups in total. The largest absolute Gasteiger partial charge is 0.247 e. The molecule has 0 spiro atoms. The lowest BCUT2D eigenvalue weighted by Gasteiger charge is -2.10. The third-order valence-electron chi connectivity index (χ3n) is 1.42. The first-order valence-corrected chi connectivity index (χ1v) is 4.29. The molecule has 1 aliphatic heterocycles. The van der Waals surface area contributed by atoms with E-state index in [1.807, 2.05) is 0 Å². The van der Waals surface area contributed by atoms with Gasteiger partial charge in [0, 0.05) is 23.9 Å². The molecular formula is C7H6BrFN2. The summed E-state index contributed by atoms with van der Waals surface area (Å²) in [6.45, 7) is 0. The second-order valence-corrected chi connectivity index (χ2v) is 2.91. The molecule has 1 atom stereocenters. The zero-order valence-electron chi connectivity index (χ0n) is 5.72. The molecule has 1 rings (SSSR count). The van der Waals surface area contributed by atoms with E-state index in [2.05, 4.69) is 20.9 Å². The number of alkyl halides is 1. The standard InChI is InChI=1S/C7H6BrFN2/c8-2-5-1-6(9)7(3-10)11-4-5/h4-5H,1-2H2. The van der Waals surface area contributed by atoms with Gasteiger partial charge in [0.25, 0.3) is 0 Å². The van der Waals surface area contributed by atoms with Gasteiger partial charge in [0.1, 0.15) is 11.9 Å². The Morgan fingerprint density at radius 2 is 2.64 bits per heavy atom. The van der Waals surface area contributed by atoms with Crippen LogP contribution >= 0.6 is 15.9 Å². The lowest BCUT2D eigenvalue weighted by atomic mass is 10.1. The molecule has 0 saturated heterocycles. The van der Waals surface area contributed by atoms with Crippen molar-refractivity contribution in [1.82, 2.24) is 0 Å². The monoisotopic (exact) mass is 216 g/mol. The maximum Gasteiger partial charge on any atom is 0.171 e. The summed E-state index contributed by atoms with van der Waals surface area (Å²) in [7, 11) is 0. The van der Waals surface area contributed by atoms with Crippen LogP contribution in [0.2, 0.25) is 0 Å². The van der Waals surface area contributed by atoms with E-state index >= 15 is 0 Å². The molecule has 58 valence electrons. The molecule has 1 unspecified atom stereocenters. The molecule has 0 amide bonds. The highest BCUT2D eigenvalue weighted by Crippen LogP contribution is 2.22. The molecule has 11 heavy (non-hydrogen) atoms. The molecule has 1 aliphatic rings. The number of hydrogen-bond donors (Lipinski definition) is 0. The summed E-state index contributed by atoms with van der Waals surface area (Å²) < 4.78 is 12.8. The number of aliphatic imine (C=N–C) groups is 1.